The van der Waals surface area contributed by atoms with Gasteiger partial charge in [0.1, 0.15) is 0 Å². The number of benzene rings is 3. The Labute approximate surface area is 197 Å². The number of fused-ring (bicyclic) bond motifs is 1. The molecule has 1 N–H and O–H groups in total. The highest BCUT2D eigenvalue weighted by atomic mass is 32.2. The molecule has 2 atom stereocenters. The molecule has 0 amide bonds. The molecule has 0 aromatic heterocycles. The summed E-state index contributed by atoms with van der Waals surface area (Å²) in [4.78, 5) is 2.94. The van der Waals surface area contributed by atoms with Gasteiger partial charge in [-0.15, -0.1) is 0 Å². The molecule has 3 aromatic carbocycles. The number of rotatable bonds is 8. The highest BCUT2D eigenvalue weighted by molar-refractivity contribution is 7.90. The number of likely N-dealkylation sites (tertiary alicyclic amines) is 1. The molecule has 4 nitrogen and oxygen atoms in total. The number of aryl methyl sites for hydroxylation is 1. The van der Waals surface area contributed by atoms with Crippen LogP contribution in [0.1, 0.15) is 23.1 Å². The highest BCUT2D eigenvalue weighted by Crippen LogP contribution is 2.43. The first-order chi connectivity index (χ1) is 16.0. The number of nitrogens with zero attached hydrogens (tertiary/aromatic N) is 1. The number of sulfone groups is 1. The van der Waals surface area contributed by atoms with Crippen LogP contribution in [0.5, 0.6) is 0 Å². The molecule has 0 spiro atoms. The van der Waals surface area contributed by atoms with E-state index >= 15 is 0 Å². The molecule has 0 radical (unpaired) electrons. The summed E-state index contributed by atoms with van der Waals surface area (Å²) in [7, 11) is -3.36. The van der Waals surface area contributed by atoms with Crippen LogP contribution in [-0.4, -0.2) is 39.5 Å². The second-order valence-electron chi connectivity index (χ2n) is 9.69. The molecular formula is C28H32N2O2S. The smallest absolute Gasteiger partial charge is 0.182 e. The third-order valence-corrected chi connectivity index (χ3v) is 9.15. The second-order valence-corrected chi connectivity index (χ2v) is 11.7. The van der Waals surface area contributed by atoms with Crippen LogP contribution in [0.25, 0.3) is 0 Å². The van der Waals surface area contributed by atoms with Crippen molar-refractivity contribution in [2.45, 2.75) is 30.0 Å². The van der Waals surface area contributed by atoms with Crippen molar-refractivity contribution in [2.24, 2.45) is 11.3 Å². The number of hydrogen-bond donors (Lipinski definition) is 1. The van der Waals surface area contributed by atoms with Gasteiger partial charge in [0.25, 0.3) is 0 Å². The average molecular weight is 461 g/mol. The lowest BCUT2D eigenvalue weighted by molar-refractivity contribution is 0.237. The van der Waals surface area contributed by atoms with Gasteiger partial charge < -0.3 is 5.32 Å². The molecular weight excluding hydrogens is 428 g/mol. The Balaban J connectivity index is 1.29. The van der Waals surface area contributed by atoms with E-state index in [1.165, 1.54) is 12.0 Å². The molecule has 3 aromatic rings. The Kier molecular flexibility index (Phi) is 6.37. The van der Waals surface area contributed by atoms with E-state index < -0.39 is 9.84 Å². The van der Waals surface area contributed by atoms with Crippen molar-refractivity contribution in [3.05, 3.63) is 102 Å². The summed E-state index contributed by atoms with van der Waals surface area (Å²) in [5, 5.41) is 3.64. The van der Waals surface area contributed by atoms with E-state index in [1.807, 2.05) is 24.3 Å². The number of hydrogen-bond acceptors (Lipinski definition) is 4. The van der Waals surface area contributed by atoms with Crippen molar-refractivity contribution in [2.75, 3.05) is 26.2 Å². The van der Waals surface area contributed by atoms with Crippen LogP contribution >= 0.6 is 0 Å². The van der Waals surface area contributed by atoms with Crippen LogP contribution in [0.2, 0.25) is 0 Å². The van der Waals surface area contributed by atoms with E-state index in [1.54, 1.807) is 24.3 Å². The lowest BCUT2D eigenvalue weighted by Crippen LogP contribution is -2.33. The van der Waals surface area contributed by atoms with Crippen LogP contribution in [0.3, 0.4) is 0 Å². The SMILES string of the molecule is O=S(=O)(Cc1ccccc1CN1CC2CNCC2(CCc2ccccc2)C1)c1ccccc1. The van der Waals surface area contributed by atoms with Crippen molar-refractivity contribution in [1.82, 2.24) is 10.2 Å². The van der Waals surface area contributed by atoms with Gasteiger partial charge in [0.05, 0.1) is 10.6 Å². The van der Waals surface area contributed by atoms with Crippen LogP contribution in [0.4, 0.5) is 0 Å². The monoisotopic (exact) mass is 460 g/mol. The normalized spacial score (nSPS) is 23.0. The molecule has 0 saturated carbocycles. The Morgan fingerprint density at radius 1 is 0.879 bits per heavy atom. The van der Waals surface area contributed by atoms with Gasteiger partial charge in [0.2, 0.25) is 0 Å². The molecule has 2 unspecified atom stereocenters. The minimum Gasteiger partial charge on any atom is -0.316 e. The fourth-order valence-corrected chi connectivity index (χ4v) is 7.09. The molecule has 2 saturated heterocycles. The molecule has 33 heavy (non-hydrogen) atoms. The first kappa shape index (κ1) is 22.3. The highest BCUT2D eigenvalue weighted by Gasteiger charge is 2.48. The van der Waals surface area contributed by atoms with Crippen molar-refractivity contribution in [3.8, 4) is 0 Å². The zero-order valence-corrected chi connectivity index (χ0v) is 19.8. The first-order valence-corrected chi connectivity index (χ1v) is 13.5. The first-order valence-electron chi connectivity index (χ1n) is 11.9. The third kappa shape index (κ3) is 4.91. The summed E-state index contributed by atoms with van der Waals surface area (Å²) in [5.41, 5.74) is 3.76. The largest absolute Gasteiger partial charge is 0.316 e. The maximum atomic E-state index is 13.0. The molecule has 5 rings (SSSR count). The number of nitrogens with one attached hydrogen (secondary N) is 1. The Morgan fingerprint density at radius 2 is 1.55 bits per heavy atom. The van der Waals surface area contributed by atoms with Crippen molar-refractivity contribution >= 4 is 9.84 Å². The maximum Gasteiger partial charge on any atom is 0.182 e. The minimum absolute atomic E-state index is 0.0468. The Hall–Kier alpha value is -2.47. The molecule has 0 bridgehead atoms. The van der Waals surface area contributed by atoms with Gasteiger partial charge in [0, 0.05) is 31.6 Å². The standard InChI is InChI=1S/C28H32N2O2S/c31-33(32,27-13-5-2-6-14-27)20-25-12-8-7-11-24(25)18-30-19-26-17-29-21-28(26,22-30)16-15-23-9-3-1-4-10-23/h1-14,26,29H,15-22H2. The van der Waals surface area contributed by atoms with E-state index in [-0.39, 0.29) is 5.75 Å². The average Bonchev–Trinajstić information content (AvgIpc) is 3.37. The van der Waals surface area contributed by atoms with E-state index in [4.69, 9.17) is 0 Å². The van der Waals surface area contributed by atoms with Gasteiger partial charge in [-0.25, -0.2) is 8.42 Å². The Bertz CT molecular complexity index is 1180. The molecule has 2 aliphatic heterocycles. The fourth-order valence-electron chi connectivity index (χ4n) is 5.66. The minimum atomic E-state index is -3.36. The summed E-state index contributed by atoms with van der Waals surface area (Å²) in [6.45, 7) is 5.10. The summed E-state index contributed by atoms with van der Waals surface area (Å²) in [5.74, 6) is 0.701. The van der Waals surface area contributed by atoms with Crippen LogP contribution in [0.15, 0.2) is 89.8 Å². The third-order valence-electron chi connectivity index (χ3n) is 7.47. The summed E-state index contributed by atoms with van der Waals surface area (Å²) >= 11 is 0. The van der Waals surface area contributed by atoms with E-state index in [0.717, 1.165) is 50.3 Å². The lowest BCUT2D eigenvalue weighted by atomic mass is 9.76. The quantitative estimate of drug-likeness (QED) is 0.544. The predicted octanol–water partition coefficient (Wildman–Crippen LogP) is 4.31. The lowest BCUT2D eigenvalue weighted by Gasteiger charge is -2.28. The maximum absolute atomic E-state index is 13.0. The van der Waals surface area contributed by atoms with Crippen molar-refractivity contribution in [1.29, 1.82) is 0 Å². The van der Waals surface area contributed by atoms with Gasteiger partial charge in [-0.1, -0.05) is 72.8 Å². The predicted molar refractivity (Wildman–Crippen MR) is 133 cm³/mol. The van der Waals surface area contributed by atoms with E-state index in [0.29, 0.717) is 16.2 Å². The van der Waals surface area contributed by atoms with E-state index in [9.17, 15) is 8.42 Å². The molecule has 5 heteroatoms. The van der Waals surface area contributed by atoms with Gasteiger partial charge in [-0.2, -0.15) is 0 Å². The molecule has 172 valence electrons. The topological polar surface area (TPSA) is 49.4 Å². The van der Waals surface area contributed by atoms with Crippen molar-refractivity contribution in [3.63, 3.8) is 0 Å². The van der Waals surface area contributed by atoms with Gasteiger partial charge in [-0.05, 0) is 54.1 Å². The van der Waals surface area contributed by atoms with Crippen LogP contribution in [-0.2, 0) is 28.6 Å². The second kappa shape index (κ2) is 9.41. The fraction of sp³-hybridized carbons (Fsp3) is 0.357. The van der Waals surface area contributed by atoms with Crippen molar-refractivity contribution < 1.29 is 8.42 Å². The summed E-state index contributed by atoms with van der Waals surface area (Å²) < 4.78 is 26.0. The van der Waals surface area contributed by atoms with Gasteiger partial charge >= 0.3 is 0 Å². The van der Waals surface area contributed by atoms with Crippen LogP contribution < -0.4 is 5.32 Å². The molecule has 2 aliphatic rings. The summed E-state index contributed by atoms with van der Waals surface area (Å²) in [6.07, 6.45) is 2.30. The van der Waals surface area contributed by atoms with Gasteiger partial charge in [0.15, 0.2) is 9.84 Å². The molecule has 2 heterocycles. The van der Waals surface area contributed by atoms with Crippen LogP contribution in [0, 0.1) is 11.3 Å². The zero-order chi connectivity index (χ0) is 22.7. The molecule has 0 aliphatic carbocycles. The Morgan fingerprint density at radius 3 is 2.30 bits per heavy atom. The van der Waals surface area contributed by atoms with E-state index in [2.05, 4.69) is 46.6 Å². The molecule has 2 fully saturated rings. The van der Waals surface area contributed by atoms with Gasteiger partial charge in [-0.3, -0.25) is 4.90 Å². The zero-order valence-electron chi connectivity index (χ0n) is 19.0. The summed E-state index contributed by atoms with van der Waals surface area (Å²) in [6, 6.07) is 27.6.